The van der Waals surface area contributed by atoms with Crippen molar-refractivity contribution in [1.29, 1.82) is 0 Å². The first kappa shape index (κ1) is 13.1. The lowest BCUT2D eigenvalue weighted by atomic mass is 10.0. The second-order valence-electron chi connectivity index (χ2n) is 4.20. The molecule has 0 spiro atoms. The van der Waals surface area contributed by atoms with Gasteiger partial charge in [-0.25, -0.2) is 0 Å². The van der Waals surface area contributed by atoms with Crippen LogP contribution in [0, 0.1) is 6.92 Å². The first-order chi connectivity index (χ1) is 9.17. The zero-order chi connectivity index (χ0) is 13.8. The fraction of sp³-hybridized carbons (Fsp3) is 0.188. The quantitative estimate of drug-likeness (QED) is 0.788. The van der Waals surface area contributed by atoms with E-state index in [0.29, 0.717) is 22.6 Å². The molecule has 0 aromatic heterocycles. The van der Waals surface area contributed by atoms with Crippen LogP contribution in [0.5, 0.6) is 11.5 Å². The molecule has 0 radical (unpaired) electrons. The number of rotatable bonds is 4. The van der Waals surface area contributed by atoms with Crippen molar-refractivity contribution in [2.45, 2.75) is 6.92 Å². The van der Waals surface area contributed by atoms with Gasteiger partial charge in [-0.2, -0.15) is 0 Å². The van der Waals surface area contributed by atoms with Gasteiger partial charge in [-0.15, -0.1) is 0 Å². The van der Waals surface area contributed by atoms with Gasteiger partial charge < -0.3 is 9.47 Å². The molecule has 2 aromatic carbocycles. The second kappa shape index (κ2) is 5.57. The van der Waals surface area contributed by atoms with Crippen LogP contribution in [0.4, 0.5) is 0 Å². The summed E-state index contributed by atoms with van der Waals surface area (Å²) in [6.45, 7) is 1.90. The molecule has 0 saturated heterocycles. The second-order valence-corrected chi connectivity index (χ2v) is 4.20. The third-order valence-electron chi connectivity index (χ3n) is 3.05. The summed E-state index contributed by atoms with van der Waals surface area (Å²) < 4.78 is 10.6. The van der Waals surface area contributed by atoms with Crippen molar-refractivity contribution in [2.75, 3.05) is 14.2 Å². The Hall–Kier alpha value is -2.29. The lowest BCUT2D eigenvalue weighted by Crippen LogP contribution is -2.03. The van der Waals surface area contributed by atoms with E-state index >= 15 is 0 Å². The van der Waals surface area contributed by atoms with Gasteiger partial charge in [-0.05, 0) is 19.1 Å². The van der Waals surface area contributed by atoms with Crippen molar-refractivity contribution >= 4 is 5.78 Å². The van der Waals surface area contributed by atoms with Crippen LogP contribution >= 0.6 is 0 Å². The van der Waals surface area contributed by atoms with Crippen LogP contribution in [-0.2, 0) is 0 Å². The standard InChI is InChI=1S/C16H16O3/c1-11-14(18-2)9-13(10-15(11)19-3)16(17)12-7-5-4-6-8-12/h4-10H,1-3H3. The molecule has 0 N–H and O–H groups in total. The van der Waals surface area contributed by atoms with Gasteiger partial charge in [0.05, 0.1) is 14.2 Å². The van der Waals surface area contributed by atoms with Crippen LogP contribution in [0.25, 0.3) is 0 Å². The Kier molecular flexibility index (Phi) is 3.85. The Labute approximate surface area is 112 Å². The molecule has 0 heterocycles. The van der Waals surface area contributed by atoms with Crippen molar-refractivity contribution < 1.29 is 14.3 Å². The van der Waals surface area contributed by atoms with Crippen LogP contribution in [-0.4, -0.2) is 20.0 Å². The lowest BCUT2D eigenvalue weighted by molar-refractivity contribution is 0.103. The highest BCUT2D eigenvalue weighted by Gasteiger charge is 2.14. The molecule has 0 amide bonds. The molecule has 0 aliphatic carbocycles. The van der Waals surface area contributed by atoms with E-state index in [9.17, 15) is 4.79 Å². The molecule has 0 aliphatic rings. The largest absolute Gasteiger partial charge is 0.496 e. The lowest BCUT2D eigenvalue weighted by Gasteiger charge is -2.12. The van der Waals surface area contributed by atoms with Crippen LogP contribution in [0.15, 0.2) is 42.5 Å². The summed E-state index contributed by atoms with van der Waals surface area (Å²) in [5.41, 5.74) is 2.09. The number of hydrogen-bond donors (Lipinski definition) is 0. The van der Waals surface area contributed by atoms with Gasteiger partial charge in [0.25, 0.3) is 0 Å². The molecule has 3 heteroatoms. The summed E-state index contributed by atoms with van der Waals surface area (Å²) in [6.07, 6.45) is 0. The molecule has 19 heavy (non-hydrogen) atoms. The Morgan fingerprint density at radius 2 is 1.42 bits per heavy atom. The molecule has 0 aliphatic heterocycles. The number of carbonyl (C=O) groups excluding carboxylic acids is 1. The normalized spacial score (nSPS) is 10.1. The maximum Gasteiger partial charge on any atom is 0.193 e. The molecule has 0 unspecified atom stereocenters. The van der Waals surface area contributed by atoms with E-state index in [0.717, 1.165) is 5.56 Å². The average molecular weight is 256 g/mol. The van der Waals surface area contributed by atoms with Crippen molar-refractivity contribution in [1.82, 2.24) is 0 Å². The Bertz CT molecular complexity index is 563. The molecule has 0 atom stereocenters. The highest BCUT2D eigenvalue weighted by atomic mass is 16.5. The number of benzene rings is 2. The van der Waals surface area contributed by atoms with E-state index in [1.165, 1.54) is 0 Å². The van der Waals surface area contributed by atoms with Crippen molar-refractivity contribution in [3.8, 4) is 11.5 Å². The smallest absolute Gasteiger partial charge is 0.193 e. The minimum absolute atomic E-state index is 0.0443. The van der Waals surface area contributed by atoms with E-state index in [1.807, 2.05) is 25.1 Å². The van der Waals surface area contributed by atoms with Crippen LogP contribution in [0.1, 0.15) is 21.5 Å². The summed E-state index contributed by atoms with van der Waals surface area (Å²) in [5, 5.41) is 0. The third-order valence-corrected chi connectivity index (χ3v) is 3.05. The number of carbonyl (C=O) groups is 1. The molecular weight excluding hydrogens is 240 g/mol. The molecule has 2 rings (SSSR count). The fourth-order valence-corrected chi connectivity index (χ4v) is 1.97. The number of hydrogen-bond acceptors (Lipinski definition) is 3. The SMILES string of the molecule is COc1cc(C(=O)c2ccccc2)cc(OC)c1C. The van der Waals surface area contributed by atoms with Gasteiger partial charge in [0.1, 0.15) is 11.5 Å². The third kappa shape index (κ3) is 2.60. The summed E-state index contributed by atoms with van der Waals surface area (Å²) >= 11 is 0. The predicted octanol–water partition coefficient (Wildman–Crippen LogP) is 3.24. The molecule has 0 bridgehead atoms. The minimum atomic E-state index is -0.0443. The van der Waals surface area contributed by atoms with E-state index in [-0.39, 0.29) is 5.78 Å². The van der Waals surface area contributed by atoms with Crippen LogP contribution < -0.4 is 9.47 Å². The predicted molar refractivity (Wildman–Crippen MR) is 74.2 cm³/mol. The zero-order valence-corrected chi connectivity index (χ0v) is 11.3. The van der Waals surface area contributed by atoms with E-state index in [2.05, 4.69) is 0 Å². The van der Waals surface area contributed by atoms with Gasteiger partial charge in [0.15, 0.2) is 5.78 Å². The summed E-state index contributed by atoms with van der Waals surface area (Å²) in [6, 6.07) is 12.6. The number of methoxy groups -OCH3 is 2. The van der Waals surface area contributed by atoms with Crippen molar-refractivity contribution in [3.63, 3.8) is 0 Å². The summed E-state index contributed by atoms with van der Waals surface area (Å²) in [5.74, 6) is 1.26. The van der Waals surface area contributed by atoms with E-state index in [1.54, 1.807) is 38.5 Å². The van der Waals surface area contributed by atoms with Gasteiger partial charge in [-0.1, -0.05) is 30.3 Å². The molecular formula is C16H16O3. The van der Waals surface area contributed by atoms with E-state index in [4.69, 9.17) is 9.47 Å². The van der Waals surface area contributed by atoms with Crippen molar-refractivity contribution in [2.24, 2.45) is 0 Å². The maximum atomic E-state index is 12.4. The summed E-state index contributed by atoms with van der Waals surface area (Å²) in [7, 11) is 3.16. The highest BCUT2D eigenvalue weighted by Crippen LogP contribution is 2.30. The van der Waals surface area contributed by atoms with Gasteiger partial charge in [-0.3, -0.25) is 4.79 Å². The Balaban J connectivity index is 2.48. The van der Waals surface area contributed by atoms with Gasteiger partial charge in [0, 0.05) is 16.7 Å². The maximum absolute atomic E-state index is 12.4. The highest BCUT2D eigenvalue weighted by molar-refractivity contribution is 6.09. The zero-order valence-electron chi connectivity index (χ0n) is 11.3. The molecule has 2 aromatic rings. The molecule has 98 valence electrons. The Morgan fingerprint density at radius 3 is 1.89 bits per heavy atom. The first-order valence-electron chi connectivity index (χ1n) is 5.99. The van der Waals surface area contributed by atoms with E-state index < -0.39 is 0 Å². The van der Waals surface area contributed by atoms with Crippen LogP contribution in [0.2, 0.25) is 0 Å². The summed E-state index contributed by atoms with van der Waals surface area (Å²) in [4.78, 5) is 12.4. The fourth-order valence-electron chi connectivity index (χ4n) is 1.97. The van der Waals surface area contributed by atoms with Gasteiger partial charge in [0.2, 0.25) is 0 Å². The first-order valence-corrected chi connectivity index (χ1v) is 5.99. The van der Waals surface area contributed by atoms with Gasteiger partial charge >= 0.3 is 0 Å². The number of ketones is 1. The average Bonchev–Trinajstić information content (AvgIpc) is 2.47. The van der Waals surface area contributed by atoms with Crippen molar-refractivity contribution in [3.05, 3.63) is 59.2 Å². The minimum Gasteiger partial charge on any atom is -0.496 e. The Morgan fingerprint density at radius 1 is 0.895 bits per heavy atom. The topological polar surface area (TPSA) is 35.5 Å². The number of ether oxygens (including phenoxy) is 2. The molecule has 0 saturated carbocycles. The monoisotopic (exact) mass is 256 g/mol. The molecule has 3 nitrogen and oxygen atoms in total. The molecule has 0 fully saturated rings. The van der Waals surface area contributed by atoms with Crippen LogP contribution in [0.3, 0.4) is 0 Å².